The third-order valence-corrected chi connectivity index (χ3v) is 5.10. The Bertz CT molecular complexity index is 1160. The minimum absolute atomic E-state index is 0.617. The number of aromatic nitrogens is 2. The van der Waals surface area contributed by atoms with Crippen LogP contribution in [0.5, 0.6) is 0 Å². The van der Waals surface area contributed by atoms with E-state index >= 15 is 0 Å². The fraction of sp³-hybridized carbons (Fsp3) is 0. The summed E-state index contributed by atoms with van der Waals surface area (Å²) in [7, 11) is 0. The molecular formula is C20H12N2O2S. The molecule has 3 aromatic heterocycles. The highest BCUT2D eigenvalue weighted by atomic mass is 32.1. The van der Waals surface area contributed by atoms with Gasteiger partial charge < -0.3 is 8.83 Å². The van der Waals surface area contributed by atoms with E-state index < -0.39 is 0 Å². The molecule has 5 aromatic rings. The van der Waals surface area contributed by atoms with Gasteiger partial charge in [-0.2, -0.15) is 0 Å². The summed E-state index contributed by atoms with van der Waals surface area (Å²) < 4.78 is 11.1. The fourth-order valence-electron chi connectivity index (χ4n) is 2.78. The summed E-state index contributed by atoms with van der Waals surface area (Å²) >= 11 is 1.58. The predicted octanol–water partition coefficient (Wildman–Crippen LogP) is 5.88. The Balaban J connectivity index is 1.50. The molecule has 0 N–H and O–H groups in total. The van der Waals surface area contributed by atoms with Crippen LogP contribution in [-0.4, -0.2) is 9.97 Å². The number of thiophene rings is 1. The molecule has 0 amide bonds. The summed E-state index contributed by atoms with van der Waals surface area (Å²) in [6.07, 6.45) is 4.90. The Morgan fingerprint density at radius 3 is 2.56 bits per heavy atom. The summed E-state index contributed by atoms with van der Waals surface area (Å²) in [5.74, 6) is 1.24. The van der Waals surface area contributed by atoms with Crippen LogP contribution in [0.2, 0.25) is 0 Å². The zero-order valence-corrected chi connectivity index (χ0v) is 13.9. The van der Waals surface area contributed by atoms with Crippen LogP contribution >= 0.6 is 11.3 Å². The number of hydrogen-bond acceptors (Lipinski definition) is 5. The molecule has 120 valence electrons. The lowest BCUT2D eigenvalue weighted by Gasteiger charge is -1.99. The molecule has 4 nitrogen and oxygen atoms in total. The van der Waals surface area contributed by atoms with E-state index in [0.717, 1.165) is 21.0 Å². The van der Waals surface area contributed by atoms with Crippen molar-refractivity contribution in [1.29, 1.82) is 0 Å². The Hall–Kier alpha value is -3.18. The number of rotatable bonds is 3. The standard InChI is InChI=1S/C20H12N2O2S/c1-2-4-14-11-15(6-5-13(14)3-1)19-22-16(12-24-19)17-7-8-18(25-17)20-21-9-10-23-20/h1-12H. The molecule has 0 bridgehead atoms. The highest BCUT2D eigenvalue weighted by Gasteiger charge is 2.13. The molecule has 0 fully saturated rings. The molecule has 0 aliphatic rings. The van der Waals surface area contributed by atoms with Crippen LogP contribution in [0.4, 0.5) is 0 Å². The lowest BCUT2D eigenvalue weighted by molar-refractivity contribution is 0.575. The third-order valence-electron chi connectivity index (χ3n) is 4.00. The molecule has 0 atom stereocenters. The normalized spacial score (nSPS) is 11.2. The van der Waals surface area contributed by atoms with Crippen molar-refractivity contribution in [2.24, 2.45) is 0 Å². The van der Waals surface area contributed by atoms with E-state index in [4.69, 9.17) is 8.83 Å². The average Bonchev–Trinajstić information content (AvgIpc) is 3.41. The van der Waals surface area contributed by atoms with E-state index in [-0.39, 0.29) is 0 Å². The van der Waals surface area contributed by atoms with E-state index in [1.54, 1.807) is 30.1 Å². The van der Waals surface area contributed by atoms with E-state index in [1.165, 1.54) is 10.8 Å². The molecule has 0 aliphatic carbocycles. The molecule has 5 rings (SSSR count). The van der Waals surface area contributed by atoms with Crippen molar-refractivity contribution >= 4 is 22.1 Å². The van der Waals surface area contributed by atoms with Crippen molar-refractivity contribution in [2.75, 3.05) is 0 Å². The van der Waals surface area contributed by atoms with Gasteiger partial charge in [0.2, 0.25) is 11.8 Å². The first kappa shape index (κ1) is 14.2. The smallest absolute Gasteiger partial charge is 0.236 e. The van der Waals surface area contributed by atoms with Crippen LogP contribution in [0, 0.1) is 0 Å². The van der Waals surface area contributed by atoms with Crippen LogP contribution in [0.1, 0.15) is 0 Å². The molecule has 5 heteroatoms. The molecule has 0 unspecified atom stereocenters. The van der Waals surface area contributed by atoms with Crippen molar-refractivity contribution in [3.05, 3.63) is 73.3 Å². The predicted molar refractivity (Wildman–Crippen MR) is 98.3 cm³/mol. The second kappa shape index (κ2) is 5.72. The van der Waals surface area contributed by atoms with Gasteiger partial charge in [-0.05, 0) is 35.0 Å². The molecule has 0 saturated heterocycles. The molecule has 25 heavy (non-hydrogen) atoms. The molecular weight excluding hydrogens is 332 g/mol. The maximum atomic E-state index is 5.71. The van der Waals surface area contributed by atoms with Crippen molar-refractivity contribution in [3.63, 3.8) is 0 Å². The zero-order chi connectivity index (χ0) is 16.6. The summed E-state index contributed by atoms with van der Waals surface area (Å²) in [4.78, 5) is 10.8. The van der Waals surface area contributed by atoms with Gasteiger partial charge in [-0.3, -0.25) is 0 Å². The van der Waals surface area contributed by atoms with Crippen LogP contribution < -0.4 is 0 Å². The molecule has 0 saturated carbocycles. The average molecular weight is 344 g/mol. The molecule has 2 aromatic carbocycles. The van der Waals surface area contributed by atoms with Gasteiger partial charge in [0.05, 0.1) is 16.0 Å². The van der Waals surface area contributed by atoms with Gasteiger partial charge in [0.15, 0.2) is 0 Å². The molecule has 0 aliphatic heterocycles. The van der Waals surface area contributed by atoms with E-state index in [2.05, 4.69) is 34.2 Å². The maximum absolute atomic E-state index is 5.71. The fourth-order valence-corrected chi connectivity index (χ4v) is 3.67. The van der Waals surface area contributed by atoms with Crippen LogP contribution in [0.25, 0.3) is 43.6 Å². The second-order valence-electron chi connectivity index (χ2n) is 5.60. The largest absolute Gasteiger partial charge is 0.444 e. The first-order valence-electron chi connectivity index (χ1n) is 7.81. The van der Waals surface area contributed by atoms with E-state index in [1.807, 2.05) is 30.3 Å². The number of fused-ring (bicyclic) bond motifs is 1. The Morgan fingerprint density at radius 1 is 0.800 bits per heavy atom. The number of oxazole rings is 2. The summed E-state index contributed by atoms with van der Waals surface area (Å²) in [6, 6.07) is 18.4. The van der Waals surface area contributed by atoms with Gasteiger partial charge in [0, 0.05) is 5.56 Å². The SMILES string of the molecule is c1ccc2cc(-c3nc(-c4ccc(-c5ncco5)s4)co3)ccc2c1. The Kier molecular flexibility index (Phi) is 3.24. The van der Waals surface area contributed by atoms with Gasteiger partial charge >= 0.3 is 0 Å². The number of hydrogen-bond donors (Lipinski definition) is 0. The lowest BCUT2D eigenvalue weighted by atomic mass is 10.1. The monoisotopic (exact) mass is 344 g/mol. The third kappa shape index (κ3) is 2.55. The van der Waals surface area contributed by atoms with Gasteiger partial charge in [-0.25, -0.2) is 9.97 Å². The van der Waals surface area contributed by atoms with Crippen molar-refractivity contribution in [1.82, 2.24) is 9.97 Å². The van der Waals surface area contributed by atoms with E-state index in [9.17, 15) is 0 Å². The molecule has 0 spiro atoms. The topological polar surface area (TPSA) is 52.1 Å². The minimum Gasteiger partial charge on any atom is -0.444 e. The van der Waals surface area contributed by atoms with Gasteiger partial charge in [0.1, 0.15) is 18.2 Å². The van der Waals surface area contributed by atoms with Gasteiger partial charge in [-0.1, -0.05) is 30.3 Å². The quantitative estimate of drug-likeness (QED) is 0.410. The highest BCUT2D eigenvalue weighted by molar-refractivity contribution is 7.18. The molecule has 3 heterocycles. The van der Waals surface area contributed by atoms with Crippen molar-refractivity contribution < 1.29 is 8.83 Å². The Morgan fingerprint density at radius 2 is 1.68 bits per heavy atom. The first-order valence-corrected chi connectivity index (χ1v) is 8.63. The number of nitrogens with zero attached hydrogens (tertiary/aromatic N) is 2. The summed E-state index contributed by atoms with van der Waals surface area (Å²) in [5, 5.41) is 2.37. The van der Waals surface area contributed by atoms with Crippen LogP contribution in [0.15, 0.2) is 82.2 Å². The Labute approximate surface area is 147 Å². The number of benzene rings is 2. The van der Waals surface area contributed by atoms with Crippen molar-refractivity contribution in [2.45, 2.75) is 0 Å². The molecule has 0 radical (unpaired) electrons. The minimum atomic E-state index is 0.617. The van der Waals surface area contributed by atoms with Gasteiger partial charge in [-0.15, -0.1) is 11.3 Å². The zero-order valence-electron chi connectivity index (χ0n) is 13.0. The maximum Gasteiger partial charge on any atom is 0.236 e. The first-order chi connectivity index (χ1) is 12.4. The van der Waals surface area contributed by atoms with Gasteiger partial charge in [0.25, 0.3) is 0 Å². The van der Waals surface area contributed by atoms with Crippen LogP contribution in [0.3, 0.4) is 0 Å². The lowest BCUT2D eigenvalue weighted by Crippen LogP contribution is -1.79. The highest BCUT2D eigenvalue weighted by Crippen LogP contribution is 2.34. The van der Waals surface area contributed by atoms with E-state index in [0.29, 0.717) is 11.8 Å². The summed E-state index contributed by atoms with van der Waals surface area (Å²) in [6.45, 7) is 0. The van der Waals surface area contributed by atoms with Crippen LogP contribution in [-0.2, 0) is 0 Å². The second-order valence-corrected chi connectivity index (χ2v) is 6.68. The summed E-state index contributed by atoms with van der Waals surface area (Å²) in [5.41, 5.74) is 1.78. The van der Waals surface area contributed by atoms with Crippen molar-refractivity contribution in [3.8, 4) is 32.8 Å².